The molecule has 0 aromatic heterocycles. The maximum atomic E-state index is 14.1. The molecule has 3 N–H and O–H groups in total. The van der Waals surface area contributed by atoms with Crippen LogP contribution >= 0.6 is 0 Å². The number of rotatable bonds is 19. The van der Waals surface area contributed by atoms with Crippen molar-refractivity contribution in [3.05, 3.63) is 29.8 Å². The number of nitrogens with zero attached hydrogens (tertiary/aromatic N) is 4. The van der Waals surface area contributed by atoms with Crippen LogP contribution in [0.15, 0.2) is 24.3 Å². The zero-order valence-corrected chi connectivity index (χ0v) is 32.8. The quantitative estimate of drug-likeness (QED) is 0.210. The Balaban J connectivity index is 2.22. The molecule has 0 bridgehead atoms. The fraction of sp³-hybridized carbons (Fsp3) is 0.737. The van der Waals surface area contributed by atoms with Gasteiger partial charge in [-0.3, -0.25) is 24.1 Å². The van der Waals surface area contributed by atoms with Crippen molar-refractivity contribution in [3.63, 3.8) is 0 Å². The lowest BCUT2D eigenvalue weighted by Crippen LogP contribution is -2.59. The summed E-state index contributed by atoms with van der Waals surface area (Å²) in [5.74, 6) is -1.20. The monoisotopic (exact) mass is 703 g/mol. The Kier molecular flexibility index (Phi) is 17.2. The predicted molar refractivity (Wildman–Crippen MR) is 198 cm³/mol. The van der Waals surface area contributed by atoms with Crippen LogP contribution in [-0.2, 0) is 35.1 Å². The fourth-order valence-electron chi connectivity index (χ4n) is 7.04. The lowest BCUT2D eigenvalue weighted by molar-refractivity contribution is -0.149. The van der Waals surface area contributed by atoms with Crippen molar-refractivity contribution in [2.24, 2.45) is 17.8 Å². The van der Waals surface area contributed by atoms with Gasteiger partial charge in [-0.05, 0) is 69.8 Å². The number of likely N-dealkylation sites (tertiary alicyclic amines) is 1. The number of hydrogen-bond acceptors (Lipinski definition) is 8. The molecular weight excluding hydrogens is 636 g/mol. The number of anilines is 1. The number of nitrogen functional groups attached to an aromatic ring is 1. The molecule has 0 saturated carbocycles. The Morgan fingerprint density at radius 1 is 1.00 bits per heavy atom. The molecule has 12 nitrogen and oxygen atoms in total. The summed E-state index contributed by atoms with van der Waals surface area (Å²) in [7, 11) is 10.4. The maximum Gasteiger partial charge on any atom is 0.245 e. The topological polar surface area (TPSA) is 138 Å². The van der Waals surface area contributed by atoms with Crippen LogP contribution in [0.25, 0.3) is 0 Å². The van der Waals surface area contributed by atoms with Crippen LogP contribution in [0.2, 0.25) is 0 Å². The molecule has 1 saturated heterocycles. The Hall–Kier alpha value is -3.22. The molecule has 1 heterocycles. The van der Waals surface area contributed by atoms with Crippen molar-refractivity contribution < 1.29 is 28.7 Å². The van der Waals surface area contributed by atoms with Gasteiger partial charge in [0.2, 0.25) is 23.6 Å². The number of nitrogens with two attached hydrogens (primary N) is 1. The van der Waals surface area contributed by atoms with Crippen LogP contribution in [0, 0.1) is 17.8 Å². The molecule has 12 heteroatoms. The molecule has 1 aliphatic rings. The van der Waals surface area contributed by atoms with Gasteiger partial charge in [0, 0.05) is 47.1 Å². The largest absolute Gasteiger partial charge is 0.399 e. The van der Waals surface area contributed by atoms with Crippen molar-refractivity contribution in [1.82, 2.24) is 24.9 Å². The molecule has 1 aliphatic heterocycles. The highest BCUT2D eigenvalue weighted by Crippen LogP contribution is 2.30. The van der Waals surface area contributed by atoms with Crippen LogP contribution in [0.3, 0.4) is 0 Å². The van der Waals surface area contributed by atoms with E-state index in [0.29, 0.717) is 25.2 Å². The number of carbonyl (C=O) groups is 4. The van der Waals surface area contributed by atoms with Crippen molar-refractivity contribution in [3.8, 4) is 0 Å². The van der Waals surface area contributed by atoms with Gasteiger partial charge in [-0.2, -0.15) is 0 Å². The third kappa shape index (κ3) is 11.1. The third-order valence-corrected chi connectivity index (χ3v) is 10.7. The zero-order valence-electron chi connectivity index (χ0n) is 32.8. The van der Waals surface area contributed by atoms with Crippen LogP contribution in [0.5, 0.6) is 0 Å². The molecule has 8 atom stereocenters. The Morgan fingerprint density at radius 3 is 2.20 bits per heavy atom. The second-order valence-corrected chi connectivity index (χ2v) is 14.7. The van der Waals surface area contributed by atoms with E-state index in [0.717, 1.165) is 24.8 Å². The van der Waals surface area contributed by atoms with Crippen LogP contribution in [-0.4, -0.2) is 135 Å². The zero-order chi connectivity index (χ0) is 37.9. The summed E-state index contributed by atoms with van der Waals surface area (Å²) < 4.78 is 12.0. The van der Waals surface area contributed by atoms with Gasteiger partial charge in [0.25, 0.3) is 0 Å². The van der Waals surface area contributed by atoms with E-state index in [1.54, 1.807) is 49.9 Å². The van der Waals surface area contributed by atoms with Gasteiger partial charge in [0.1, 0.15) is 6.04 Å². The summed E-state index contributed by atoms with van der Waals surface area (Å²) in [5.41, 5.74) is 7.68. The number of methoxy groups -OCH3 is 2. The van der Waals surface area contributed by atoms with E-state index in [4.69, 9.17) is 15.2 Å². The minimum atomic E-state index is -0.733. The van der Waals surface area contributed by atoms with E-state index in [-0.39, 0.29) is 47.9 Å². The van der Waals surface area contributed by atoms with E-state index in [9.17, 15) is 19.2 Å². The first-order chi connectivity index (χ1) is 23.5. The summed E-state index contributed by atoms with van der Waals surface area (Å²) >= 11 is 0. The Labute approximate surface area is 301 Å². The van der Waals surface area contributed by atoms with Gasteiger partial charge in [-0.25, -0.2) is 0 Å². The number of ether oxygens (including phenoxy) is 2. The molecule has 1 fully saturated rings. The normalized spacial score (nSPS) is 19.0. The first kappa shape index (κ1) is 42.9. The molecule has 1 aromatic rings. The van der Waals surface area contributed by atoms with Crippen LogP contribution in [0.4, 0.5) is 5.69 Å². The number of carbonyl (C=O) groups excluding carboxylic acids is 4. The van der Waals surface area contributed by atoms with Gasteiger partial charge < -0.3 is 35.2 Å². The highest BCUT2D eigenvalue weighted by atomic mass is 16.5. The summed E-state index contributed by atoms with van der Waals surface area (Å²) in [6.07, 6.45) is 1.95. The van der Waals surface area contributed by atoms with Gasteiger partial charge in [-0.1, -0.05) is 53.2 Å². The predicted octanol–water partition coefficient (Wildman–Crippen LogP) is 3.28. The summed E-state index contributed by atoms with van der Waals surface area (Å²) in [5, 5.41) is 2.97. The van der Waals surface area contributed by atoms with E-state index in [1.807, 2.05) is 64.0 Å². The maximum absolute atomic E-state index is 14.1. The van der Waals surface area contributed by atoms with E-state index in [2.05, 4.69) is 19.2 Å². The standard InChI is InChI=1S/C38H66N6O6/c1-13-25(4)34(43(10)38(48)33(24(2)3)40-36(46)27(6)41(7)8)31(49-11)23-32(45)44-20-15-18-30(44)35(50-12)26(5)37(47)42(9)21-19-28-16-14-17-29(39)22-28/h14,16-17,22,24-27,30-31,33-35H,13,15,18-21,23,39H2,1-12H3,(H,40,46)/t25-,26+,27-,30-,31+,33-,34-,35+/m0/s1. The number of benzene rings is 1. The lowest BCUT2D eigenvalue weighted by atomic mass is 9.89. The molecule has 0 aliphatic carbocycles. The van der Waals surface area contributed by atoms with Crippen molar-refractivity contribution in [2.45, 2.75) is 110 Å². The molecule has 1 aromatic carbocycles. The van der Waals surface area contributed by atoms with Crippen LogP contribution < -0.4 is 11.1 Å². The Morgan fingerprint density at radius 2 is 1.66 bits per heavy atom. The summed E-state index contributed by atoms with van der Waals surface area (Å²) in [6, 6.07) is 5.84. The molecule has 0 spiro atoms. The Bertz CT molecular complexity index is 1260. The highest BCUT2D eigenvalue weighted by Gasteiger charge is 2.43. The summed E-state index contributed by atoms with van der Waals surface area (Å²) in [4.78, 5) is 61.8. The first-order valence-corrected chi connectivity index (χ1v) is 18.2. The average Bonchev–Trinajstić information content (AvgIpc) is 3.57. The van der Waals surface area contributed by atoms with E-state index in [1.165, 1.54) is 0 Å². The van der Waals surface area contributed by atoms with E-state index >= 15 is 0 Å². The molecule has 50 heavy (non-hydrogen) atoms. The third-order valence-electron chi connectivity index (χ3n) is 10.7. The van der Waals surface area contributed by atoms with E-state index < -0.39 is 36.3 Å². The molecule has 0 radical (unpaired) electrons. The number of nitrogens with one attached hydrogen (secondary N) is 1. The van der Waals surface area contributed by atoms with Crippen molar-refractivity contribution in [1.29, 1.82) is 0 Å². The van der Waals surface area contributed by atoms with Gasteiger partial charge in [0.15, 0.2) is 0 Å². The minimum Gasteiger partial charge on any atom is -0.399 e. The number of amides is 4. The van der Waals surface area contributed by atoms with Gasteiger partial charge in [-0.15, -0.1) is 0 Å². The minimum absolute atomic E-state index is 0.00696. The molecule has 284 valence electrons. The fourth-order valence-corrected chi connectivity index (χ4v) is 7.04. The summed E-state index contributed by atoms with van der Waals surface area (Å²) in [6.45, 7) is 12.7. The molecular formula is C38H66N6O6. The number of likely N-dealkylation sites (N-methyl/N-ethyl adjacent to an activating group) is 3. The van der Waals surface area contributed by atoms with Gasteiger partial charge in [0.05, 0.1) is 42.7 Å². The highest BCUT2D eigenvalue weighted by molar-refractivity contribution is 5.90. The average molecular weight is 703 g/mol. The lowest BCUT2D eigenvalue weighted by Gasteiger charge is -2.41. The second kappa shape index (κ2) is 20.0. The molecule has 4 amide bonds. The van der Waals surface area contributed by atoms with Crippen LogP contribution in [0.1, 0.15) is 72.8 Å². The molecule has 0 unspecified atom stereocenters. The second-order valence-electron chi connectivity index (χ2n) is 14.7. The molecule has 2 rings (SSSR count). The SMILES string of the molecule is CC[C@H](C)[C@@H]([C@@H](CC(=O)N1CCC[C@H]1[C@H](OC)[C@@H](C)C(=O)N(C)CCc1cccc(N)c1)OC)N(C)C(=O)[C@@H](NC(=O)[C@H](C)N(C)C)C(C)C. The number of hydrogen-bond donors (Lipinski definition) is 2. The van der Waals surface area contributed by atoms with Crippen molar-refractivity contribution in [2.75, 3.05) is 61.2 Å². The van der Waals surface area contributed by atoms with Gasteiger partial charge >= 0.3 is 0 Å². The van der Waals surface area contributed by atoms with Crippen molar-refractivity contribution >= 4 is 29.3 Å². The smallest absolute Gasteiger partial charge is 0.245 e. The first-order valence-electron chi connectivity index (χ1n) is 18.2.